The van der Waals surface area contributed by atoms with E-state index >= 15 is 0 Å². The SMILES string of the molecule is CCCCCCOc1nc[nH]c(=O)c1OC. The Labute approximate surface area is 94.8 Å². The normalized spacial score (nSPS) is 10.1. The highest BCUT2D eigenvalue weighted by atomic mass is 16.5. The van der Waals surface area contributed by atoms with Crippen LogP contribution in [-0.4, -0.2) is 23.7 Å². The minimum absolute atomic E-state index is 0.137. The summed E-state index contributed by atoms with van der Waals surface area (Å²) in [7, 11) is 1.43. The fraction of sp³-hybridized carbons (Fsp3) is 0.636. The summed E-state index contributed by atoms with van der Waals surface area (Å²) in [6.07, 6.45) is 5.79. The lowest BCUT2D eigenvalue weighted by molar-refractivity contribution is 0.271. The maximum atomic E-state index is 11.3. The van der Waals surface area contributed by atoms with Crippen molar-refractivity contribution in [1.29, 1.82) is 0 Å². The Kier molecular flexibility index (Phi) is 5.39. The summed E-state index contributed by atoms with van der Waals surface area (Å²) in [5, 5.41) is 0. The third kappa shape index (κ3) is 3.56. The summed E-state index contributed by atoms with van der Waals surface area (Å²) >= 11 is 0. The molecule has 5 heteroatoms. The van der Waals surface area contributed by atoms with E-state index in [1.165, 1.54) is 26.3 Å². The predicted octanol–water partition coefficient (Wildman–Crippen LogP) is 1.74. The average Bonchev–Trinajstić information content (AvgIpc) is 2.29. The molecule has 5 nitrogen and oxygen atoms in total. The molecular weight excluding hydrogens is 208 g/mol. The van der Waals surface area contributed by atoms with Gasteiger partial charge in [0, 0.05) is 0 Å². The minimum atomic E-state index is -0.318. The van der Waals surface area contributed by atoms with Crippen LogP contribution in [0.5, 0.6) is 11.6 Å². The van der Waals surface area contributed by atoms with E-state index in [2.05, 4.69) is 16.9 Å². The molecule has 0 aliphatic heterocycles. The van der Waals surface area contributed by atoms with Crippen LogP contribution in [-0.2, 0) is 0 Å². The van der Waals surface area contributed by atoms with Gasteiger partial charge < -0.3 is 14.5 Å². The van der Waals surface area contributed by atoms with E-state index in [9.17, 15) is 4.79 Å². The molecule has 1 aromatic rings. The van der Waals surface area contributed by atoms with Gasteiger partial charge in [-0.2, -0.15) is 0 Å². The summed E-state index contributed by atoms with van der Waals surface area (Å²) in [6.45, 7) is 2.72. The van der Waals surface area contributed by atoms with E-state index < -0.39 is 0 Å². The summed E-state index contributed by atoms with van der Waals surface area (Å²) in [5.74, 6) is 0.403. The molecule has 16 heavy (non-hydrogen) atoms. The first-order valence-electron chi connectivity index (χ1n) is 5.54. The Morgan fingerprint density at radius 3 is 2.88 bits per heavy atom. The molecule has 0 fully saturated rings. The van der Waals surface area contributed by atoms with E-state index in [4.69, 9.17) is 9.47 Å². The molecule has 0 spiro atoms. The molecule has 0 aliphatic rings. The number of H-pyrrole nitrogens is 1. The molecule has 0 saturated heterocycles. The monoisotopic (exact) mass is 226 g/mol. The lowest BCUT2D eigenvalue weighted by Gasteiger charge is -2.07. The van der Waals surface area contributed by atoms with Crippen LogP contribution in [0.4, 0.5) is 0 Å². The molecular formula is C11H18N2O3. The smallest absolute Gasteiger partial charge is 0.297 e. The predicted molar refractivity (Wildman–Crippen MR) is 61.0 cm³/mol. The number of hydrogen-bond acceptors (Lipinski definition) is 4. The van der Waals surface area contributed by atoms with Crippen molar-refractivity contribution in [1.82, 2.24) is 9.97 Å². The van der Waals surface area contributed by atoms with Crippen molar-refractivity contribution in [3.05, 3.63) is 16.7 Å². The average molecular weight is 226 g/mol. The topological polar surface area (TPSA) is 64.2 Å². The maximum Gasteiger partial charge on any atom is 0.297 e. The Morgan fingerprint density at radius 2 is 2.19 bits per heavy atom. The molecule has 90 valence electrons. The maximum absolute atomic E-state index is 11.3. The molecule has 0 amide bonds. The van der Waals surface area contributed by atoms with Gasteiger partial charge in [-0.25, -0.2) is 4.98 Å². The van der Waals surface area contributed by atoms with Gasteiger partial charge in [-0.05, 0) is 6.42 Å². The molecule has 0 aliphatic carbocycles. The van der Waals surface area contributed by atoms with E-state index in [0.717, 1.165) is 12.8 Å². The van der Waals surface area contributed by atoms with Gasteiger partial charge in [0.15, 0.2) is 0 Å². The van der Waals surface area contributed by atoms with E-state index in [1.807, 2.05) is 0 Å². The highest BCUT2D eigenvalue weighted by Crippen LogP contribution is 2.17. The molecule has 0 saturated carbocycles. The number of rotatable bonds is 7. The minimum Gasteiger partial charge on any atom is -0.487 e. The van der Waals surface area contributed by atoms with Crippen LogP contribution in [0, 0.1) is 0 Å². The lowest BCUT2D eigenvalue weighted by Crippen LogP contribution is -2.12. The second kappa shape index (κ2) is 6.87. The highest BCUT2D eigenvalue weighted by molar-refractivity contribution is 5.29. The Morgan fingerprint density at radius 1 is 1.38 bits per heavy atom. The van der Waals surface area contributed by atoms with Gasteiger partial charge in [-0.1, -0.05) is 26.2 Å². The Balaban J connectivity index is 2.47. The molecule has 0 atom stereocenters. The van der Waals surface area contributed by atoms with Crippen LogP contribution in [0.2, 0.25) is 0 Å². The zero-order chi connectivity index (χ0) is 11.8. The van der Waals surface area contributed by atoms with Gasteiger partial charge in [-0.15, -0.1) is 0 Å². The van der Waals surface area contributed by atoms with Crippen LogP contribution in [0.15, 0.2) is 11.1 Å². The van der Waals surface area contributed by atoms with Crippen LogP contribution < -0.4 is 15.0 Å². The third-order valence-corrected chi connectivity index (χ3v) is 2.22. The second-order valence-electron chi connectivity index (χ2n) is 3.48. The van der Waals surface area contributed by atoms with E-state index in [-0.39, 0.29) is 17.2 Å². The first kappa shape index (κ1) is 12.5. The number of hydrogen-bond donors (Lipinski definition) is 1. The van der Waals surface area contributed by atoms with Crippen LogP contribution in [0.25, 0.3) is 0 Å². The lowest BCUT2D eigenvalue weighted by atomic mass is 10.2. The zero-order valence-corrected chi connectivity index (χ0v) is 9.78. The largest absolute Gasteiger partial charge is 0.487 e. The number of aromatic nitrogens is 2. The van der Waals surface area contributed by atoms with Crippen molar-refractivity contribution in [2.45, 2.75) is 32.6 Å². The first-order valence-corrected chi connectivity index (χ1v) is 5.54. The summed E-state index contributed by atoms with van der Waals surface area (Å²) < 4.78 is 10.3. The van der Waals surface area contributed by atoms with Gasteiger partial charge in [0.1, 0.15) is 0 Å². The van der Waals surface area contributed by atoms with Crippen molar-refractivity contribution in [3.63, 3.8) is 0 Å². The first-order chi connectivity index (χ1) is 7.79. The van der Waals surface area contributed by atoms with Crippen LogP contribution in [0.3, 0.4) is 0 Å². The van der Waals surface area contributed by atoms with Gasteiger partial charge >= 0.3 is 0 Å². The number of aromatic amines is 1. The van der Waals surface area contributed by atoms with E-state index in [0.29, 0.717) is 6.61 Å². The zero-order valence-electron chi connectivity index (χ0n) is 9.78. The molecule has 0 radical (unpaired) electrons. The highest BCUT2D eigenvalue weighted by Gasteiger charge is 2.09. The number of ether oxygens (including phenoxy) is 2. The van der Waals surface area contributed by atoms with Crippen molar-refractivity contribution in [3.8, 4) is 11.6 Å². The standard InChI is InChI=1S/C11H18N2O3/c1-3-4-5-6-7-16-11-9(15-2)10(14)12-8-13-11/h8H,3-7H2,1-2H3,(H,12,13,14). The van der Waals surface area contributed by atoms with Crippen molar-refractivity contribution < 1.29 is 9.47 Å². The van der Waals surface area contributed by atoms with Crippen LogP contribution in [0.1, 0.15) is 32.6 Å². The number of unbranched alkanes of at least 4 members (excludes halogenated alkanes) is 3. The summed E-state index contributed by atoms with van der Waals surface area (Å²) in [4.78, 5) is 17.7. The van der Waals surface area contributed by atoms with Crippen molar-refractivity contribution in [2.24, 2.45) is 0 Å². The Bertz CT molecular complexity index is 362. The molecule has 0 unspecified atom stereocenters. The second-order valence-corrected chi connectivity index (χ2v) is 3.48. The van der Waals surface area contributed by atoms with Crippen LogP contribution >= 0.6 is 0 Å². The van der Waals surface area contributed by atoms with Crippen molar-refractivity contribution in [2.75, 3.05) is 13.7 Å². The fourth-order valence-electron chi connectivity index (χ4n) is 1.35. The molecule has 0 bridgehead atoms. The molecule has 1 rings (SSSR count). The summed E-state index contributed by atoms with van der Waals surface area (Å²) in [6, 6.07) is 0. The molecule has 1 aromatic heterocycles. The van der Waals surface area contributed by atoms with Gasteiger partial charge in [-0.3, -0.25) is 4.79 Å². The molecule has 1 N–H and O–H groups in total. The number of nitrogens with zero attached hydrogens (tertiary/aromatic N) is 1. The molecule has 1 heterocycles. The summed E-state index contributed by atoms with van der Waals surface area (Å²) in [5.41, 5.74) is -0.318. The van der Waals surface area contributed by atoms with Gasteiger partial charge in [0.05, 0.1) is 20.0 Å². The number of methoxy groups -OCH3 is 1. The fourth-order valence-corrected chi connectivity index (χ4v) is 1.35. The quantitative estimate of drug-likeness (QED) is 0.719. The van der Waals surface area contributed by atoms with Gasteiger partial charge in [0.25, 0.3) is 11.4 Å². The van der Waals surface area contributed by atoms with E-state index in [1.54, 1.807) is 0 Å². The Hall–Kier alpha value is -1.52. The van der Waals surface area contributed by atoms with Crippen molar-refractivity contribution >= 4 is 0 Å². The molecule has 0 aromatic carbocycles. The number of nitrogens with one attached hydrogen (secondary N) is 1. The third-order valence-electron chi connectivity index (χ3n) is 2.22. The van der Waals surface area contributed by atoms with Gasteiger partial charge in [0.2, 0.25) is 5.75 Å².